The maximum atomic E-state index is 12.6. The van der Waals surface area contributed by atoms with Crippen LogP contribution in [0.4, 0.5) is 0 Å². The standard InChI is InChI=1S/C16H21NO5S/c1-10-7-12(23(3,21)22)8-13(11(10)2)15(20)17-16(5-4-6-16)9-14(18)19/h7-8H,4-6,9H2,1-3H3,(H,17,20)(H,18,19). The smallest absolute Gasteiger partial charge is 0.305 e. The second-order valence-corrected chi connectivity index (χ2v) is 8.36. The van der Waals surface area contributed by atoms with Gasteiger partial charge in [0.15, 0.2) is 9.84 Å². The number of amides is 1. The van der Waals surface area contributed by atoms with E-state index in [4.69, 9.17) is 5.11 Å². The second-order valence-electron chi connectivity index (χ2n) is 6.34. The average molecular weight is 339 g/mol. The summed E-state index contributed by atoms with van der Waals surface area (Å²) in [4.78, 5) is 23.7. The summed E-state index contributed by atoms with van der Waals surface area (Å²) >= 11 is 0. The third-order valence-corrected chi connectivity index (χ3v) is 5.58. The van der Waals surface area contributed by atoms with E-state index in [-0.39, 0.29) is 16.9 Å². The monoisotopic (exact) mass is 339 g/mol. The Morgan fingerprint density at radius 3 is 2.30 bits per heavy atom. The number of carboxylic acid groups (broad SMARTS) is 1. The summed E-state index contributed by atoms with van der Waals surface area (Å²) in [7, 11) is -3.43. The maximum Gasteiger partial charge on any atom is 0.305 e. The number of nitrogens with one attached hydrogen (secondary N) is 1. The van der Waals surface area contributed by atoms with Crippen LogP contribution in [0.25, 0.3) is 0 Å². The van der Waals surface area contributed by atoms with Crippen LogP contribution in [0.5, 0.6) is 0 Å². The Morgan fingerprint density at radius 2 is 1.87 bits per heavy atom. The van der Waals surface area contributed by atoms with Crippen LogP contribution in [0.15, 0.2) is 17.0 Å². The molecule has 1 aliphatic rings. The van der Waals surface area contributed by atoms with Crippen LogP contribution in [0.2, 0.25) is 0 Å². The van der Waals surface area contributed by atoms with E-state index in [2.05, 4.69) is 5.32 Å². The number of carbonyl (C=O) groups is 2. The number of carbonyl (C=O) groups excluding carboxylic acids is 1. The highest BCUT2D eigenvalue weighted by molar-refractivity contribution is 7.90. The Morgan fingerprint density at radius 1 is 1.26 bits per heavy atom. The van der Waals surface area contributed by atoms with E-state index < -0.39 is 27.3 Å². The first-order chi connectivity index (χ1) is 10.5. The molecular formula is C16H21NO5S. The van der Waals surface area contributed by atoms with Crippen LogP contribution in [-0.2, 0) is 14.6 Å². The van der Waals surface area contributed by atoms with E-state index in [0.717, 1.165) is 12.7 Å². The Labute approximate surface area is 135 Å². The molecule has 2 rings (SSSR count). The summed E-state index contributed by atoms with van der Waals surface area (Å²) in [5.41, 5.74) is 0.963. The molecule has 1 amide bonds. The van der Waals surface area contributed by atoms with Crippen molar-refractivity contribution < 1.29 is 23.1 Å². The molecule has 1 aromatic rings. The highest BCUT2D eigenvalue weighted by atomic mass is 32.2. The van der Waals surface area contributed by atoms with Crippen LogP contribution in [0.1, 0.15) is 47.2 Å². The van der Waals surface area contributed by atoms with Crippen LogP contribution in [-0.4, -0.2) is 37.2 Å². The zero-order chi connectivity index (χ0) is 17.4. The first-order valence-corrected chi connectivity index (χ1v) is 9.29. The SMILES string of the molecule is Cc1cc(S(C)(=O)=O)cc(C(=O)NC2(CC(=O)O)CCC2)c1C. The highest BCUT2D eigenvalue weighted by Gasteiger charge is 2.40. The number of rotatable bonds is 5. The number of sulfone groups is 1. The average Bonchev–Trinajstić information content (AvgIpc) is 2.37. The van der Waals surface area contributed by atoms with Crippen molar-refractivity contribution in [2.24, 2.45) is 0 Å². The van der Waals surface area contributed by atoms with Gasteiger partial charge in [0.1, 0.15) is 0 Å². The van der Waals surface area contributed by atoms with E-state index in [9.17, 15) is 18.0 Å². The molecule has 0 saturated heterocycles. The van der Waals surface area contributed by atoms with Gasteiger partial charge in [-0.25, -0.2) is 8.42 Å². The van der Waals surface area contributed by atoms with Gasteiger partial charge in [0.05, 0.1) is 16.9 Å². The molecule has 23 heavy (non-hydrogen) atoms. The van der Waals surface area contributed by atoms with Crippen LogP contribution in [0, 0.1) is 13.8 Å². The molecule has 0 bridgehead atoms. The number of benzene rings is 1. The molecule has 0 atom stereocenters. The number of aryl methyl sites for hydroxylation is 1. The molecule has 1 aliphatic carbocycles. The van der Waals surface area contributed by atoms with Crippen molar-refractivity contribution in [2.45, 2.75) is 50.0 Å². The van der Waals surface area contributed by atoms with Crippen molar-refractivity contribution in [1.29, 1.82) is 0 Å². The van der Waals surface area contributed by atoms with Gasteiger partial charge in [-0.3, -0.25) is 9.59 Å². The third-order valence-electron chi connectivity index (χ3n) is 4.49. The van der Waals surface area contributed by atoms with Crippen molar-refractivity contribution in [2.75, 3.05) is 6.26 Å². The molecule has 0 heterocycles. The molecule has 0 aromatic heterocycles. The minimum Gasteiger partial charge on any atom is -0.481 e. The van der Waals surface area contributed by atoms with Gasteiger partial charge in [-0.05, 0) is 56.4 Å². The molecule has 1 fully saturated rings. The summed E-state index contributed by atoms with van der Waals surface area (Å²) in [6.07, 6.45) is 3.08. The number of hydrogen-bond donors (Lipinski definition) is 2. The van der Waals surface area contributed by atoms with E-state index in [1.54, 1.807) is 13.8 Å². The molecule has 1 saturated carbocycles. The largest absolute Gasteiger partial charge is 0.481 e. The van der Waals surface area contributed by atoms with Crippen molar-refractivity contribution in [3.8, 4) is 0 Å². The van der Waals surface area contributed by atoms with Crippen molar-refractivity contribution in [3.05, 3.63) is 28.8 Å². The predicted molar refractivity (Wildman–Crippen MR) is 85.3 cm³/mol. The number of hydrogen-bond acceptors (Lipinski definition) is 4. The van der Waals surface area contributed by atoms with Crippen molar-refractivity contribution in [3.63, 3.8) is 0 Å². The van der Waals surface area contributed by atoms with Crippen LogP contribution in [0.3, 0.4) is 0 Å². The summed E-state index contributed by atoms with van der Waals surface area (Å²) in [6.45, 7) is 3.50. The van der Waals surface area contributed by atoms with Gasteiger partial charge < -0.3 is 10.4 Å². The zero-order valence-corrected chi connectivity index (χ0v) is 14.3. The fourth-order valence-corrected chi connectivity index (χ4v) is 3.55. The van der Waals surface area contributed by atoms with E-state index in [1.807, 2.05) is 0 Å². The fraction of sp³-hybridized carbons (Fsp3) is 0.500. The van der Waals surface area contributed by atoms with Crippen molar-refractivity contribution in [1.82, 2.24) is 5.32 Å². The summed E-state index contributed by atoms with van der Waals surface area (Å²) in [5, 5.41) is 11.8. The summed E-state index contributed by atoms with van der Waals surface area (Å²) in [5.74, 6) is -1.38. The van der Waals surface area contributed by atoms with Gasteiger partial charge in [0, 0.05) is 11.8 Å². The Balaban J connectivity index is 2.36. The normalized spacial score (nSPS) is 16.5. The van der Waals surface area contributed by atoms with Crippen LogP contribution < -0.4 is 5.32 Å². The molecule has 0 spiro atoms. The van der Waals surface area contributed by atoms with Gasteiger partial charge in [-0.2, -0.15) is 0 Å². The van der Waals surface area contributed by atoms with Crippen molar-refractivity contribution >= 4 is 21.7 Å². The quantitative estimate of drug-likeness (QED) is 0.852. The molecule has 0 radical (unpaired) electrons. The van der Waals surface area contributed by atoms with Gasteiger partial charge in [0.2, 0.25) is 0 Å². The maximum absolute atomic E-state index is 12.6. The molecular weight excluding hydrogens is 318 g/mol. The third kappa shape index (κ3) is 3.72. The topological polar surface area (TPSA) is 101 Å². The predicted octanol–water partition coefficient (Wildman–Crippen LogP) is 1.83. The second kappa shape index (κ2) is 5.96. The Kier molecular flexibility index (Phi) is 4.52. The fourth-order valence-electron chi connectivity index (χ4n) is 2.82. The molecule has 0 aliphatic heterocycles. The molecule has 126 valence electrons. The minimum atomic E-state index is -3.43. The lowest BCUT2D eigenvalue weighted by Gasteiger charge is -2.41. The molecule has 2 N–H and O–H groups in total. The van der Waals surface area contributed by atoms with Gasteiger partial charge >= 0.3 is 5.97 Å². The Hall–Kier alpha value is -1.89. The molecule has 7 heteroatoms. The van der Waals surface area contributed by atoms with Gasteiger partial charge in [-0.15, -0.1) is 0 Å². The highest BCUT2D eigenvalue weighted by Crippen LogP contribution is 2.35. The van der Waals surface area contributed by atoms with E-state index in [0.29, 0.717) is 24.0 Å². The minimum absolute atomic E-state index is 0.0895. The lowest BCUT2D eigenvalue weighted by atomic mass is 9.74. The summed E-state index contributed by atoms with van der Waals surface area (Å²) < 4.78 is 23.5. The van der Waals surface area contributed by atoms with Gasteiger partial charge in [0.25, 0.3) is 5.91 Å². The first kappa shape index (κ1) is 17.5. The number of carboxylic acids is 1. The van der Waals surface area contributed by atoms with Gasteiger partial charge in [-0.1, -0.05) is 0 Å². The first-order valence-electron chi connectivity index (χ1n) is 7.40. The molecule has 1 aromatic carbocycles. The summed E-state index contributed by atoms with van der Waals surface area (Å²) in [6, 6.07) is 2.90. The molecule has 6 nitrogen and oxygen atoms in total. The lowest BCUT2D eigenvalue weighted by molar-refractivity contribution is -0.139. The van der Waals surface area contributed by atoms with E-state index >= 15 is 0 Å². The lowest BCUT2D eigenvalue weighted by Crippen LogP contribution is -2.54. The Bertz CT molecular complexity index is 763. The van der Waals surface area contributed by atoms with E-state index in [1.165, 1.54) is 12.1 Å². The zero-order valence-electron chi connectivity index (χ0n) is 13.5. The van der Waals surface area contributed by atoms with Crippen LogP contribution >= 0.6 is 0 Å². The number of aliphatic carboxylic acids is 1. The molecule has 0 unspecified atom stereocenters.